The molecule has 0 aliphatic carbocycles. The molecule has 1 nitrogen and oxygen atoms in total. The fraction of sp³-hybridized carbons (Fsp3) is 0.600. The van der Waals surface area contributed by atoms with Crippen LogP contribution in [0.4, 0.5) is 0 Å². The Bertz CT molecular complexity index is 293. The lowest BCUT2D eigenvalue weighted by Gasteiger charge is -2.16. The topological polar surface area (TPSA) is 12.0 Å². The van der Waals surface area contributed by atoms with E-state index >= 15 is 0 Å². The van der Waals surface area contributed by atoms with E-state index in [-0.39, 0.29) is 0 Å². The fourth-order valence-corrected chi connectivity index (χ4v) is 2.05. The Morgan fingerprint density at radius 2 is 1.88 bits per heavy atom. The van der Waals surface area contributed by atoms with Gasteiger partial charge in [0.1, 0.15) is 0 Å². The third-order valence-corrected chi connectivity index (χ3v) is 3.14. The van der Waals surface area contributed by atoms with Gasteiger partial charge < -0.3 is 5.32 Å². The minimum Gasteiger partial charge on any atom is -0.310 e. The van der Waals surface area contributed by atoms with Gasteiger partial charge in [-0.2, -0.15) is 0 Å². The van der Waals surface area contributed by atoms with Crippen LogP contribution in [0.3, 0.4) is 0 Å². The van der Waals surface area contributed by atoms with Crippen molar-refractivity contribution in [3.63, 3.8) is 0 Å². The van der Waals surface area contributed by atoms with Crippen molar-refractivity contribution in [2.75, 3.05) is 6.54 Å². The average Bonchev–Trinajstić information content (AvgIpc) is 2.29. The van der Waals surface area contributed by atoms with E-state index in [9.17, 15) is 0 Å². The summed E-state index contributed by atoms with van der Waals surface area (Å²) in [5.74, 6) is 0. The van der Waals surface area contributed by atoms with Crippen LogP contribution >= 0.6 is 0 Å². The van der Waals surface area contributed by atoms with Crippen LogP contribution in [0, 0.1) is 6.92 Å². The number of unbranched alkanes of at least 4 members (excludes halogenated alkanes) is 3. The van der Waals surface area contributed by atoms with Gasteiger partial charge >= 0.3 is 0 Å². The van der Waals surface area contributed by atoms with Crippen molar-refractivity contribution in [3.05, 3.63) is 35.4 Å². The Morgan fingerprint density at radius 1 is 1.12 bits per heavy atom. The maximum atomic E-state index is 3.60. The zero-order valence-electron chi connectivity index (χ0n) is 10.9. The third kappa shape index (κ3) is 4.36. The van der Waals surface area contributed by atoms with Crippen molar-refractivity contribution in [3.8, 4) is 0 Å². The molecule has 1 aromatic carbocycles. The Hall–Kier alpha value is -0.820. The van der Waals surface area contributed by atoms with Gasteiger partial charge in [0.25, 0.3) is 0 Å². The molecule has 0 saturated carbocycles. The molecule has 90 valence electrons. The van der Waals surface area contributed by atoms with Crippen LogP contribution < -0.4 is 5.32 Å². The lowest BCUT2D eigenvalue weighted by atomic mass is 10.0. The van der Waals surface area contributed by atoms with Crippen LogP contribution in [-0.2, 0) is 0 Å². The van der Waals surface area contributed by atoms with Gasteiger partial charge in [-0.15, -0.1) is 0 Å². The molecule has 1 aromatic rings. The van der Waals surface area contributed by atoms with E-state index in [1.807, 2.05) is 0 Å². The van der Waals surface area contributed by atoms with Crippen LogP contribution in [0.25, 0.3) is 0 Å². The van der Waals surface area contributed by atoms with Gasteiger partial charge in [0.15, 0.2) is 0 Å². The third-order valence-electron chi connectivity index (χ3n) is 3.14. The Balaban J connectivity index is 2.30. The smallest absolute Gasteiger partial charge is 0.0294 e. The van der Waals surface area contributed by atoms with Gasteiger partial charge in [0.2, 0.25) is 0 Å². The van der Waals surface area contributed by atoms with Gasteiger partial charge in [-0.25, -0.2) is 0 Å². The molecule has 0 aromatic heterocycles. The summed E-state index contributed by atoms with van der Waals surface area (Å²) >= 11 is 0. The van der Waals surface area contributed by atoms with Gasteiger partial charge in [-0.3, -0.25) is 0 Å². The highest BCUT2D eigenvalue weighted by atomic mass is 14.9. The number of hydrogen-bond donors (Lipinski definition) is 1. The molecule has 1 unspecified atom stereocenters. The summed E-state index contributed by atoms with van der Waals surface area (Å²) in [6.45, 7) is 7.83. The molecule has 0 fully saturated rings. The van der Waals surface area contributed by atoms with Crippen LogP contribution in [-0.4, -0.2) is 6.54 Å². The van der Waals surface area contributed by atoms with Gasteiger partial charge in [-0.05, 0) is 37.9 Å². The molecule has 16 heavy (non-hydrogen) atoms. The second-order valence-corrected chi connectivity index (χ2v) is 4.59. The van der Waals surface area contributed by atoms with Crippen molar-refractivity contribution in [1.82, 2.24) is 5.32 Å². The van der Waals surface area contributed by atoms with Crippen LogP contribution in [0.1, 0.15) is 56.7 Å². The standard InChI is InChI=1S/C15H25N/c1-4-5-6-9-12-16-14(3)15-11-8-7-10-13(15)2/h7-8,10-11,14,16H,4-6,9,12H2,1-3H3. The number of aryl methyl sites for hydroxylation is 1. The molecule has 0 heterocycles. The first kappa shape index (κ1) is 13.2. The van der Waals surface area contributed by atoms with Crippen LogP contribution in [0.15, 0.2) is 24.3 Å². The number of benzene rings is 1. The van der Waals surface area contributed by atoms with E-state index in [1.165, 1.54) is 36.8 Å². The van der Waals surface area contributed by atoms with E-state index in [2.05, 4.69) is 50.4 Å². The number of nitrogens with one attached hydrogen (secondary N) is 1. The Labute approximate surface area is 100 Å². The summed E-state index contributed by atoms with van der Waals surface area (Å²) in [5, 5.41) is 3.60. The highest BCUT2D eigenvalue weighted by molar-refractivity contribution is 5.28. The molecule has 1 atom stereocenters. The summed E-state index contributed by atoms with van der Waals surface area (Å²) in [5.41, 5.74) is 2.81. The molecule has 0 spiro atoms. The van der Waals surface area contributed by atoms with Gasteiger partial charge in [0.05, 0.1) is 0 Å². The average molecular weight is 219 g/mol. The molecular weight excluding hydrogens is 194 g/mol. The lowest BCUT2D eigenvalue weighted by Crippen LogP contribution is -2.20. The largest absolute Gasteiger partial charge is 0.310 e. The molecule has 0 aliphatic rings. The molecule has 0 amide bonds. The Kier molecular flexibility index (Phi) is 6.17. The van der Waals surface area contributed by atoms with E-state index in [1.54, 1.807) is 0 Å². The van der Waals surface area contributed by atoms with E-state index in [0.717, 1.165) is 6.54 Å². The van der Waals surface area contributed by atoms with E-state index in [4.69, 9.17) is 0 Å². The van der Waals surface area contributed by atoms with Crippen molar-refractivity contribution >= 4 is 0 Å². The SMILES string of the molecule is CCCCCCNC(C)c1ccccc1C. The number of hydrogen-bond acceptors (Lipinski definition) is 1. The van der Waals surface area contributed by atoms with Crippen molar-refractivity contribution in [2.24, 2.45) is 0 Å². The second kappa shape index (κ2) is 7.45. The predicted octanol–water partition coefficient (Wildman–Crippen LogP) is 4.23. The number of rotatable bonds is 7. The molecule has 1 heteroatoms. The van der Waals surface area contributed by atoms with E-state index in [0.29, 0.717) is 6.04 Å². The molecule has 0 saturated heterocycles. The predicted molar refractivity (Wildman–Crippen MR) is 71.7 cm³/mol. The summed E-state index contributed by atoms with van der Waals surface area (Å²) in [7, 11) is 0. The molecule has 1 N–H and O–H groups in total. The fourth-order valence-electron chi connectivity index (χ4n) is 2.05. The summed E-state index contributed by atoms with van der Waals surface area (Å²) in [6.07, 6.45) is 5.32. The molecular formula is C15H25N. The lowest BCUT2D eigenvalue weighted by molar-refractivity contribution is 0.535. The molecule has 1 rings (SSSR count). The summed E-state index contributed by atoms with van der Waals surface area (Å²) < 4.78 is 0. The highest BCUT2D eigenvalue weighted by Crippen LogP contribution is 2.16. The zero-order valence-corrected chi connectivity index (χ0v) is 10.9. The van der Waals surface area contributed by atoms with Crippen molar-refractivity contribution in [1.29, 1.82) is 0 Å². The maximum Gasteiger partial charge on any atom is 0.0294 e. The maximum absolute atomic E-state index is 3.60. The monoisotopic (exact) mass is 219 g/mol. The summed E-state index contributed by atoms with van der Waals surface area (Å²) in [6, 6.07) is 9.11. The quantitative estimate of drug-likeness (QED) is 0.677. The summed E-state index contributed by atoms with van der Waals surface area (Å²) in [4.78, 5) is 0. The van der Waals surface area contributed by atoms with E-state index < -0.39 is 0 Å². The zero-order chi connectivity index (χ0) is 11.8. The first-order valence-electron chi connectivity index (χ1n) is 6.54. The van der Waals surface area contributed by atoms with Crippen LogP contribution in [0.5, 0.6) is 0 Å². The second-order valence-electron chi connectivity index (χ2n) is 4.59. The van der Waals surface area contributed by atoms with Crippen molar-refractivity contribution in [2.45, 2.75) is 52.5 Å². The first-order valence-corrected chi connectivity index (χ1v) is 6.54. The Morgan fingerprint density at radius 3 is 2.56 bits per heavy atom. The molecule has 0 radical (unpaired) electrons. The highest BCUT2D eigenvalue weighted by Gasteiger charge is 2.05. The normalized spacial score (nSPS) is 12.7. The molecule has 0 bridgehead atoms. The minimum absolute atomic E-state index is 0.475. The van der Waals surface area contributed by atoms with Crippen LogP contribution in [0.2, 0.25) is 0 Å². The van der Waals surface area contributed by atoms with Gasteiger partial charge in [-0.1, -0.05) is 50.5 Å². The van der Waals surface area contributed by atoms with Crippen molar-refractivity contribution < 1.29 is 0 Å². The minimum atomic E-state index is 0.475. The van der Waals surface area contributed by atoms with Gasteiger partial charge in [0, 0.05) is 6.04 Å². The first-order chi connectivity index (χ1) is 7.75. The molecule has 0 aliphatic heterocycles.